The Bertz CT molecular complexity index is 994. The molecule has 1 aromatic carbocycles. The van der Waals surface area contributed by atoms with Crippen molar-refractivity contribution in [2.24, 2.45) is 0 Å². The first kappa shape index (κ1) is 21.7. The topological polar surface area (TPSA) is 81.7 Å². The lowest BCUT2D eigenvalue weighted by Gasteiger charge is -2.48. The Morgan fingerprint density at radius 3 is 2.31 bits per heavy atom. The summed E-state index contributed by atoms with van der Waals surface area (Å²) < 4.78 is 36.5. The van der Waals surface area contributed by atoms with Gasteiger partial charge in [0.15, 0.2) is 9.84 Å². The summed E-state index contributed by atoms with van der Waals surface area (Å²) >= 11 is 3.92. The number of carbonyl (C=O) groups is 1. The Morgan fingerprint density at radius 1 is 1.14 bits per heavy atom. The van der Waals surface area contributed by atoms with Gasteiger partial charge in [-0.05, 0) is 56.7 Å². The first-order valence-corrected chi connectivity index (χ1v) is 11.4. The molecule has 0 aliphatic heterocycles. The Morgan fingerprint density at radius 2 is 1.83 bits per heavy atom. The number of sulfone groups is 1. The fraction of sp³-hybridized carbons (Fsp3) is 0.381. The van der Waals surface area contributed by atoms with Crippen molar-refractivity contribution < 1.29 is 22.7 Å². The molecule has 6 nitrogen and oxygen atoms in total. The van der Waals surface area contributed by atoms with Gasteiger partial charge in [-0.2, -0.15) is 12.6 Å². The lowest BCUT2D eigenvalue weighted by molar-refractivity contribution is -0.113. The summed E-state index contributed by atoms with van der Waals surface area (Å²) in [5.74, 6) is 1.22. The van der Waals surface area contributed by atoms with Crippen LogP contribution in [-0.2, 0) is 19.4 Å². The highest BCUT2D eigenvalue weighted by Gasteiger charge is 2.58. The molecule has 0 radical (unpaired) electrons. The molecule has 0 saturated carbocycles. The molecule has 29 heavy (non-hydrogen) atoms. The summed E-state index contributed by atoms with van der Waals surface area (Å²) in [6, 6.07) is 6.96. The molecule has 1 amide bonds. The van der Waals surface area contributed by atoms with E-state index in [1.807, 2.05) is 0 Å². The highest BCUT2D eigenvalue weighted by atomic mass is 32.2. The maximum Gasteiger partial charge on any atom is 0.234 e. The van der Waals surface area contributed by atoms with Gasteiger partial charge in [0.2, 0.25) is 5.91 Å². The second-order valence-electron chi connectivity index (χ2n) is 7.35. The van der Waals surface area contributed by atoms with E-state index >= 15 is 0 Å². The number of rotatable bonds is 7. The maximum absolute atomic E-state index is 13.2. The predicted octanol–water partition coefficient (Wildman–Crippen LogP) is 3.64. The zero-order chi connectivity index (χ0) is 21.3. The molecule has 2 aliphatic carbocycles. The number of carbonyl (C=O) groups excluding carboxylic acids is 1. The largest absolute Gasteiger partial charge is 0.462 e. The van der Waals surface area contributed by atoms with Gasteiger partial charge in [0, 0.05) is 24.1 Å². The summed E-state index contributed by atoms with van der Waals surface area (Å²) in [6.07, 6.45) is 7.63. The fourth-order valence-corrected chi connectivity index (χ4v) is 5.49. The van der Waals surface area contributed by atoms with E-state index in [-0.39, 0.29) is 11.7 Å². The van der Waals surface area contributed by atoms with Gasteiger partial charge in [-0.3, -0.25) is 4.79 Å². The van der Waals surface area contributed by atoms with E-state index < -0.39 is 20.2 Å². The minimum atomic E-state index is -3.56. The van der Waals surface area contributed by atoms with Crippen molar-refractivity contribution in [1.29, 1.82) is 0 Å². The van der Waals surface area contributed by atoms with E-state index in [0.29, 0.717) is 34.9 Å². The van der Waals surface area contributed by atoms with Crippen molar-refractivity contribution in [2.75, 3.05) is 18.2 Å². The van der Waals surface area contributed by atoms with Crippen LogP contribution in [0.3, 0.4) is 0 Å². The van der Waals surface area contributed by atoms with Gasteiger partial charge < -0.3 is 14.8 Å². The minimum absolute atomic E-state index is 0.112. The first-order chi connectivity index (χ1) is 13.6. The van der Waals surface area contributed by atoms with Gasteiger partial charge in [-0.25, -0.2) is 8.42 Å². The molecule has 8 heteroatoms. The molecule has 2 aliphatic rings. The Balaban J connectivity index is 1.71. The van der Waals surface area contributed by atoms with Crippen LogP contribution in [0.2, 0.25) is 0 Å². The van der Waals surface area contributed by atoms with E-state index in [9.17, 15) is 13.2 Å². The van der Waals surface area contributed by atoms with Crippen LogP contribution in [0.5, 0.6) is 5.75 Å². The van der Waals surface area contributed by atoms with Crippen LogP contribution >= 0.6 is 12.6 Å². The number of hydrogen-bond donors (Lipinski definition) is 2. The summed E-state index contributed by atoms with van der Waals surface area (Å²) in [6.45, 7) is 3.47. The molecule has 0 saturated heterocycles. The van der Waals surface area contributed by atoms with Gasteiger partial charge in [0.1, 0.15) is 21.9 Å². The van der Waals surface area contributed by atoms with Crippen LogP contribution in [0.25, 0.3) is 0 Å². The van der Waals surface area contributed by atoms with Crippen LogP contribution < -0.4 is 10.1 Å². The third kappa shape index (κ3) is 3.89. The zero-order valence-corrected chi connectivity index (χ0v) is 18.3. The van der Waals surface area contributed by atoms with Crippen LogP contribution in [0, 0.1) is 0 Å². The average molecular weight is 436 g/mol. The lowest BCUT2D eigenvalue weighted by Crippen LogP contribution is -2.59. The average Bonchev–Trinajstić information content (AvgIpc) is 2.73. The van der Waals surface area contributed by atoms with E-state index in [1.54, 1.807) is 62.4 Å². The Kier molecular flexibility index (Phi) is 5.98. The van der Waals surface area contributed by atoms with E-state index in [4.69, 9.17) is 9.47 Å². The molecular weight excluding hydrogens is 410 g/mol. The van der Waals surface area contributed by atoms with Gasteiger partial charge in [-0.15, -0.1) is 0 Å². The number of methoxy groups -OCH3 is 1. The van der Waals surface area contributed by atoms with Crippen molar-refractivity contribution >= 4 is 34.1 Å². The number of nitrogens with one attached hydrogen (secondary N) is 1. The highest BCUT2D eigenvalue weighted by Crippen LogP contribution is 2.47. The maximum atomic E-state index is 13.2. The number of allylic oxidation sites excluding steroid dienone is 4. The van der Waals surface area contributed by atoms with Gasteiger partial charge in [-0.1, -0.05) is 12.2 Å². The van der Waals surface area contributed by atoms with E-state index in [0.717, 1.165) is 0 Å². The lowest BCUT2D eigenvalue weighted by atomic mass is 9.79. The predicted molar refractivity (Wildman–Crippen MR) is 117 cm³/mol. The van der Waals surface area contributed by atoms with Crippen LogP contribution in [-0.4, -0.2) is 37.5 Å². The third-order valence-electron chi connectivity index (χ3n) is 5.64. The molecule has 156 valence electrons. The molecule has 2 atom stereocenters. The third-order valence-corrected chi connectivity index (χ3v) is 8.61. The molecule has 0 aromatic heterocycles. The quantitative estimate of drug-likeness (QED) is 0.505. The summed E-state index contributed by atoms with van der Waals surface area (Å²) in [5.41, 5.74) is -0.178. The monoisotopic (exact) mass is 435 g/mol. The summed E-state index contributed by atoms with van der Waals surface area (Å²) in [4.78, 5) is 11.7. The van der Waals surface area contributed by atoms with E-state index in [1.165, 1.54) is 7.11 Å². The molecule has 1 aromatic rings. The second kappa shape index (κ2) is 8.01. The molecule has 0 bridgehead atoms. The minimum Gasteiger partial charge on any atom is -0.462 e. The second-order valence-corrected chi connectivity index (χ2v) is 10.0. The Labute approximate surface area is 177 Å². The van der Waals surface area contributed by atoms with Crippen LogP contribution in [0.4, 0.5) is 5.69 Å². The van der Waals surface area contributed by atoms with Gasteiger partial charge >= 0.3 is 0 Å². The van der Waals surface area contributed by atoms with Crippen molar-refractivity contribution in [1.82, 2.24) is 0 Å². The summed E-state index contributed by atoms with van der Waals surface area (Å²) in [7, 11) is -2.04. The standard InChI is InChI=1S/C21H25NO5S2/c1-20(26-3)12-13-21(20,2)29(24,25)18-10-8-17(9-11-18)27-16-6-4-15(5-7-16)22-19(23)14-28/h4-8,10,12-13,28H,9,11,14H2,1-3H3,(H,22,23)/t20-,21?/m1/s1. The molecule has 0 heterocycles. The van der Waals surface area contributed by atoms with Gasteiger partial charge in [0.05, 0.1) is 5.75 Å². The number of amides is 1. The molecule has 0 spiro atoms. The number of benzene rings is 1. The van der Waals surface area contributed by atoms with Gasteiger partial charge in [0.25, 0.3) is 0 Å². The molecule has 1 unspecified atom stereocenters. The Hall–Kier alpha value is -2.03. The van der Waals surface area contributed by atoms with Crippen LogP contribution in [0.1, 0.15) is 26.7 Å². The van der Waals surface area contributed by atoms with Crippen molar-refractivity contribution in [3.8, 4) is 5.75 Å². The number of thiol groups is 1. The number of ether oxygens (including phenoxy) is 2. The molecular formula is C21H25NO5S2. The van der Waals surface area contributed by atoms with Crippen LogP contribution in [0.15, 0.2) is 59.2 Å². The molecule has 3 rings (SSSR count). The summed E-state index contributed by atoms with van der Waals surface area (Å²) in [5, 5.41) is 2.70. The zero-order valence-electron chi connectivity index (χ0n) is 16.6. The normalized spacial score (nSPS) is 26.2. The number of hydrogen-bond acceptors (Lipinski definition) is 6. The van der Waals surface area contributed by atoms with E-state index in [2.05, 4.69) is 17.9 Å². The van der Waals surface area contributed by atoms with Crippen molar-refractivity contribution in [3.63, 3.8) is 0 Å². The molecule has 1 N–H and O–H groups in total. The number of anilines is 1. The van der Waals surface area contributed by atoms with Crippen molar-refractivity contribution in [3.05, 3.63) is 59.2 Å². The highest BCUT2D eigenvalue weighted by molar-refractivity contribution is 7.96. The fourth-order valence-electron chi connectivity index (χ4n) is 3.32. The SMILES string of the molecule is CO[C@]1(C)C=CC1(C)S(=O)(=O)C1=CC=C(Oc2ccc(NC(=O)CS)cc2)CC1. The first-order valence-electron chi connectivity index (χ1n) is 9.24. The van der Waals surface area contributed by atoms with Crippen molar-refractivity contribution in [2.45, 2.75) is 37.0 Å². The smallest absolute Gasteiger partial charge is 0.234 e. The molecule has 0 fully saturated rings.